The molecule has 1 aliphatic rings. The molecule has 0 aliphatic carbocycles. The van der Waals surface area contributed by atoms with Gasteiger partial charge in [-0.1, -0.05) is 6.07 Å². The van der Waals surface area contributed by atoms with E-state index in [0.29, 0.717) is 24.1 Å². The lowest BCUT2D eigenvalue weighted by atomic mass is 9.95. The van der Waals surface area contributed by atoms with Gasteiger partial charge >= 0.3 is 6.18 Å². The zero-order chi connectivity index (χ0) is 14.4. The molecule has 0 amide bonds. The van der Waals surface area contributed by atoms with E-state index in [1.165, 1.54) is 6.07 Å². The Morgan fingerprint density at radius 2 is 1.95 bits per heavy atom. The van der Waals surface area contributed by atoms with Gasteiger partial charge in [-0.2, -0.15) is 13.2 Å². The zero-order valence-electron chi connectivity index (χ0n) is 11.3. The van der Waals surface area contributed by atoms with E-state index in [1.807, 2.05) is 4.90 Å². The number of likely N-dealkylation sites (N-methyl/N-ethyl adjacent to an activating group) is 1. The van der Waals surface area contributed by atoms with Gasteiger partial charge in [0.1, 0.15) is 0 Å². The predicted molar refractivity (Wildman–Crippen MR) is 68.3 cm³/mol. The number of hydrogen-bond acceptors (Lipinski definition) is 2. The van der Waals surface area contributed by atoms with Crippen molar-refractivity contribution in [3.8, 4) is 0 Å². The van der Waals surface area contributed by atoms with Crippen molar-refractivity contribution in [2.75, 3.05) is 11.9 Å². The number of hydrogen-bond donors (Lipinski definition) is 1. The van der Waals surface area contributed by atoms with Crippen LogP contribution in [0, 0.1) is 0 Å². The average Bonchev–Trinajstić information content (AvgIpc) is 2.52. The molecule has 0 saturated heterocycles. The average molecular weight is 273 g/mol. The van der Waals surface area contributed by atoms with Crippen molar-refractivity contribution in [1.29, 1.82) is 0 Å². The number of alkyl halides is 3. The molecule has 1 aromatic rings. The smallest absolute Gasteiger partial charge is 0.390 e. The number of anilines is 1. The molecule has 5 heteroatoms. The van der Waals surface area contributed by atoms with E-state index >= 15 is 0 Å². The lowest BCUT2D eigenvalue weighted by Gasteiger charge is -2.28. The van der Waals surface area contributed by atoms with Gasteiger partial charge < -0.3 is 10.0 Å². The Bertz CT molecular complexity index is 477. The van der Waals surface area contributed by atoms with Gasteiger partial charge in [-0.3, -0.25) is 0 Å². The highest BCUT2D eigenvalue weighted by Crippen LogP contribution is 2.42. The van der Waals surface area contributed by atoms with E-state index in [4.69, 9.17) is 0 Å². The fourth-order valence-electron chi connectivity index (χ4n) is 2.74. The molecule has 1 aromatic carbocycles. The second kappa shape index (κ2) is 4.40. The first-order valence-electron chi connectivity index (χ1n) is 6.24. The van der Waals surface area contributed by atoms with Crippen LogP contribution in [0.1, 0.15) is 31.4 Å². The summed E-state index contributed by atoms with van der Waals surface area (Å²) in [6, 6.07) is 4.16. The highest BCUT2D eigenvalue weighted by molar-refractivity contribution is 5.62. The van der Waals surface area contributed by atoms with Gasteiger partial charge in [0.25, 0.3) is 0 Å². The third kappa shape index (κ3) is 2.86. The van der Waals surface area contributed by atoms with Crippen molar-refractivity contribution >= 4 is 5.69 Å². The fourth-order valence-corrected chi connectivity index (χ4v) is 2.74. The predicted octanol–water partition coefficient (Wildman–Crippen LogP) is 3.23. The van der Waals surface area contributed by atoms with E-state index < -0.39 is 17.3 Å². The molecule has 1 unspecified atom stereocenters. The lowest BCUT2D eigenvalue weighted by Crippen LogP contribution is -2.35. The Labute approximate surface area is 110 Å². The highest BCUT2D eigenvalue weighted by Gasteiger charge is 2.39. The van der Waals surface area contributed by atoms with Crippen molar-refractivity contribution in [2.24, 2.45) is 0 Å². The van der Waals surface area contributed by atoms with Gasteiger partial charge in [-0.15, -0.1) is 0 Å². The first-order valence-corrected chi connectivity index (χ1v) is 6.24. The topological polar surface area (TPSA) is 23.5 Å². The maximum Gasteiger partial charge on any atom is 0.416 e. The number of nitrogens with zero attached hydrogens (tertiary/aromatic N) is 1. The monoisotopic (exact) mass is 273 g/mol. The molecule has 1 aliphatic heterocycles. The molecule has 19 heavy (non-hydrogen) atoms. The second-order valence-electron chi connectivity index (χ2n) is 5.79. The number of aliphatic hydroxyl groups is 1. The van der Waals surface area contributed by atoms with Crippen molar-refractivity contribution in [1.82, 2.24) is 0 Å². The largest absolute Gasteiger partial charge is 0.416 e. The van der Waals surface area contributed by atoms with Crippen LogP contribution in [0.5, 0.6) is 0 Å². The Morgan fingerprint density at radius 3 is 2.47 bits per heavy atom. The molecule has 2 nitrogen and oxygen atoms in total. The maximum absolute atomic E-state index is 13.0. The van der Waals surface area contributed by atoms with Gasteiger partial charge in [0, 0.05) is 18.8 Å². The number of fused-ring (bicyclic) bond motifs is 1. The van der Waals surface area contributed by atoms with Crippen molar-refractivity contribution in [2.45, 2.75) is 44.5 Å². The SMILES string of the molecule is CN1c2cccc(C(F)(F)F)c2CC1CC(C)(C)O. The van der Waals surface area contributed by atoms with Crippen molar-refractivity contribution in [3.05, 3.63) is 29.3 Å². The Kier molecular flexibility index (Phi) is 3.29. The molecule has 0 aromatic heterocycles. The van der Waals surface area contributed by atoms with Gasteiger partial charge in [-0.25, -0.2) is 0 Å². The van der Waals surface area contributed by atoms with Crippen LogP contribution in [0.25, 0.3) is 0 Å². The van der Waals surface area contributed by atoms with E-state index in [2.05, 4.69) is 0 Å². The van der Waals surface area contributed by atoms with E-state index in [9.17, 15) is 18.3 Å². The molecule has 0 radical (unpaired) electrons. The minimum absolute atomic E-state index is 0.0986. The number of halogens is 3. The Hall–Kier alpha value is -1.23. The van der Waals surface area contributed by atoms with Crippen LogP contribution >= 0.6 is 0 Å². The molecule has 1 N–H and O–H groups in total. The molecule has 106 valence electrons. The Morgan fingerprint density at radius 1 is 1.32 bits per heavy atom. The van der Waals surface area contributed by atoms with Gasteiger partial charge in [0.15, 0.2) is 0 Å². The summed E-state index contributed by atoms with van der Waals surface area (Å²) < 4.78 is 38.9. The van der Waals surface area contributed by atoms with Gasteiger partial charge in [0.2, 0.25) is 0 Å². The summed E-state index contributed by atoms with van der Waals surface area (Å²) in [5.41, 5.74) is -0.495. The molecule has 0 saturated carbocycles. The zero-order valence-corrected chi connectivity index (χ0v) is 11.3. The van der Waals surface area contributed by atoms with E-state index in [-0.39, 0.29) is 6.04 Å². The van der Waals surface area contributed by atoms with Gasteiger partial charge in [-0.05, 0) is 44.4 Å². The standard InChI is InChI=1S/C14H18F3NO/c1-13(2,19)8-9-7-10-11(14(15,16)17)5-4-6-12(10)18(9)3/h4-6,9,19H,7-8H2,1-3H3. The molecular weight excluding hydrogens is 255 g/mol. The van der Waals surface area contributed by atoms with Crippen molar-refractivity contribution in [3.63, 3.8) is 0 Å². The first kappa shape index (κ1) is 14.2. The molecule has 0 fully saturated rings. The third-order valence-electron chi connectivity index (χ3n) is 3.56. The van der Waals surface area contributed by atoms with E-state index in [1.54, 1.807) is 27.0 Å². The molecule has 2 rings (SSSR count). The Balaban J connectivity index is 2.35. The van der Waals surface area contributed by atoms with E-state index in [0.717, 1.165) is 6.07 Å². The second-order valence-corrected chi connectivity index (χ2v) is 5.79. The lowest BCUT2D eigenvalue weighted by molar-refractivity contribution is -0.138. The quantitative estimate of drug-likeness (QED) is 0.894. The van der Waals surface area contributed by atoms with Crippen LogP contribution in [0.4, 0.5) is 18.9 Å². The molecular formula is C14H18F3NO. The summed E-state index contributed by atoms with van der Waals surface area (Å²) in [6.07, 6.45) is -3.56. The number of benzene rings is 1. The summed E-state index contributed by atoms with van der Waals surface area (Å²) in [5, 5.41) is 9.86. The highest BCUT2D eigenvalue weighted by atomic mass is 19.4. The number of rotatable bonds is 2. The minimum atomic E-state index is -4.32. The normalized spacial score (nSPS) is 19.7. The third-order valence-corrected chi connectivity index (χ3v) is 3.56. The maximum atomic E-state index is 13.0. The first-order chi connectivity index (χ1) is 8.59. The molecule has 1 heterocycles. The summed E-state index contributed by atoms with van der Waals surface area (Å²) >= 11 is 0. The molecule has 0 spiro atoms. The van der Waals surface area contributed by atoms with Gasteiger partial charge in [0.05, 0.1) is 11.2 Å². The minimum Gasteiger partial charge on any atom is -0.390 e. The van der Waals surface area contributed by atoms with Crippen LogP contribution in [-0.4, -0.2) is 23.8 Å². The summed E-state index contributed by atoms with van der Waals surface area (Å²) in [6.45, 7) is 3.35. The summed E-state index contributed by atoms with van der Waals surface area (Å²) in [7, 11) is 1.78. The molecule has 1 atom stereocenters. The molecule has 0 bridgehead atoms. The van der Waals surface area contributed by atoms with Crippen LogP contribution < -0.4 is 4.90 Å². The fraction of sp³-hybridized carbons (Fsp3) is 0.571. The van der Waals surface area contributed by atoms with Crippen LogP contribution in [0.2, 0.25) is 0 Å². The summed E-state index contributed by atoms with van der Waals surface area (Å²) in [4.78, 5) is 1.84. The van der Waals surface area contributed by atoms with Crippen LogP contribution in [0.3, 0.4) is 0 Å². The summed E-state index contributed by atoms with van der Waals surface area (Å²) in [5.74, 6) is 0. The van der Waals surface area contributed by atoms with Crippen LogP contribution in [0.15, 0.2) is 18.2 Å². The van der Waals surface area contributed by atoms with Crippen molar-refractivity contribution < 1.29 is 18.3 Å². The van der Waals surface area contributed by atoms with Crippen LogP contribution in [-0.2, 0) is 12.6 Å².